The minimum atomic E-state index is -3.19. The summed E-state index contributed by atoms with van der Waals surface area (Å²) in [5.41, 5.74) is 4.91. The molecule has 0 rings (SSSR count). The molecule has 0 aliphatic heterocycles. The molecule has 0 aromatic heterocycles. The van der Waals surface area contributed by atoms with Crippen LogP contribution in [-0.4, -0.2) is 69.7 Å². The highest BCUT2D eigenvalue weighted by molar-refractivity contribution is 8.13. The number of rotatable bonds is 9. The van der Waals surface area contributed by atoms with Crippen LogP contribution in [0, 0.1) is 0 Å². The van der Waals surface area contributed by atoms with Gasteiger partial charge in [0.25, 0.3) is 0 Å². The van der Waals surface area contributed by atoms with Gasteiger partial charge in [-0.25, -0.2) is 34.7 Å². The maximum Gasteiger partial charge on any atom is 0.341 e. The molecule has 0 fully saturated rings. The van der Waals surface area contributed by atoms with Gasteiger partial charge in [0.15, 0.2) is 0 Å². The summed E-state index contributed by atoms with van der Waals surface area (Å²) in [6.07, 6.45) is 6.83. The Labute approximate surface area is 202 Å². The van der Waals surface area contributed by atoms with Gasteiger partial charge in [-0.1, -0.05) is 19.6 Å². The van der Waals surface area contributed by atoms with E-state index in [1.807, 2.05) is 0 Å². The zero-order valence-corrected chi connectivity index (χ0v) is 22.8. The zero-order valence-electron chi connectivity index (χ0n) is 16.4. The van der Waals surface area contributed by atoms with Crippen LogP contribution in [0.4, 0.5) is 0 Å². The van der Waals surface area contributed by atoms with Crippen LogP contribution in [0.15, 0.2) is 25.3 Å². The van der Waals surface area contributed by atoms with Gasteiger partial charge in [-0.15, -0.1) is 46.4 Å². The Morgan fingerprint density at radius 1 is 0.900 bits per heavy atom. The van der Waals surface area contributed by atoms with Crippen molar-refractivity contribution in [2.45, 2.75) is 19.9 Å². The van der Waals surface area contributed by atoms with Crippen molar-refractivity contribution in [1.29, 1.82) is 0 Å². The molecule has 0 aliphatic rings. The first-order valence-electron chi connectivity index (χ1n) is 7.46. The van der Waals surface area contributed by atoms with Crippen molar-refractivity contribution < 1.29 is 25.3 Å². The van der Waals surface area contributed by atoms with Gasteiger partial charge in [-0.05, 0) is 12.5 Å². The van der Waals surface area contributed by atoms with Crippen molar-refractivity contribution in [2.75, 3.05) is 38.4 Å². The largest absolute Gasteiger partial charge is 0.341 e. The number of hydrogen-bond acceptors (Lipinski definition) is 7. The van der Waals surface area contributed by atoms with Crippen LogP contribution in [0.2, 0.25) is 6.04 Å². The third kappa shape index (κ3) is 89.5. The summed E-state index contributed by atoms with van der Waals surface area (Å²) in [5, 5.41) is 0. The molecule has 0 bridgehead atoms. The minimum Gasteiger partial charge on any atom is -0.327 e. The lowest BCUT2D eigenvalue weighted by molar-refractivity contribution is 0.586. The van der Waals surface area contributed by atoms with Crippen LogP contribution in [0.1, 0.15) is 13.8 Å². The summed E-state index contributed by atoms with van der Waals surface area (Å²) in [6.45, 7) is 7.91. The molecule has 0 amide bonds. The van der Waals surface area contributed by atoms with E-state index in [1.54, 1.807) is 6.08 Å². The highest BCUT2D eigenvalue weighted by atomic mass is 35.8. The first-order chi connectivity index (χ1) is 12.7. The van der Waals surface area contributed by atoms with Gasteiger partial charge in [0.2, 0.25) is 29.1 Å². The summed E-state index contributed by atoms with van der Waals surface area (Å²) in [6, 6.07) is -2.10. The van der Waals surface area contributed by atoms with Crippen molar-refractivity contribution in [1.82, 2.24) is 9.44 Å². The Hall–Kier alpha value is 0.587. The molecule has 30 heavy (non-hydrogen) atoms. The number of sulfonamides is 2. The van der Waals surface area contributed by atoms with Crippen molar-refractivity contribution in [3.8, 4) is 0 Å². The Morgan fingerprint density at radius 2 is 1.23 bits per heavy atom. The highest BCUT2D eigenvalue weighted by Crippen LogP contribution is 2.25. The molecule has 0 spiro atoms. The molecule has 0 radical (unpaired) electrons. The van der Waals surface area contributed by atoms with E-state index >= 15 is 0 Å². The van der Waals surface area contributed by atoms with E-state index in [0.717, 1.165) is 18.8 Å². The molecule has 0 heterocycles. The smallest absolute Gasteiger partial charge is 0.327 e. The fourth-order valence-electron chi connectivity index (χ4n) is 0.757. The summed E-state index contributed by atoms with van der Waals surface area (Å²) in [7, 11) is -4.81. The lowest BCUT2D eigenvalue weighted by atomic mass is 10.5. The van der Waals surface area contributed by atoms with E-state index in [2.05, 4.69) is 33.3 Å². The predicted octanol–water partition coefficient (Wildman–Crippen LogP) is 2.25. The van der Waals surface area contributed by atoms with E-state index < -0.39 is 35.1 Å². The maximum atomic E-state index is 10.6. The molecule has 17 heteroatoms. The minimum absolute atomic E-state index is 0. The number of halogens is 4. The first kappa shape index (κ1) is 40.9. The number of nitrogens with two attached hydrogens (primary N) is 1. The van der Waals surface area contributed by atoms with E-state index in [1.165, 1.54) is 6.08 Å². The fourth-order valence-corrected chi connectivity index (χ4v) is 3.47. The normalized spacial score (nSPS) is 11.1. The van der Waals surface area contributed by atoms with Crippen molar-refractivity contribution in [3.63, 3.8) is 0 Å². The second-order valence-electron chi connectivity index (χ2n) is 5.00. The molecule has 0 aromatic carbocycles. The predicted molar refractivity (Wildman–Crippen MR) is 135 cm³/mol. The maximum absolute atomic E-state index is 10.6. The Balaban J connectivity index is -0.000000100. The van der Waals surface area contributed by atoms with Gasteiger partial charge < -0.3 is 5.73 Å². The summed E-state index contributed by atoms with van der Waals surface area (Å²) >= 11 is 16.7. The molecule has 0 saturated heterocycles. The van der Waals surface area contributed by atoms with Gasteiger partial charge >= 0.3 is 6.00 Å². The topological polar surface area (TPSA) is 152 Å². The number of nitrogens with one attached hydrogen (secondary N) is 2. The van der Waals surface area contributed by atoms with E-state index in [-0.39, 0.29) is 7.43 Å². The lowest BCUT2D eigenvalue weighted by Crippen LogP contribution is -2.24. The SMILES string of the molecule is C.C=CCN.C=CCNS(C)(=O)=O.CS(=O)(=O)Cl.CS(=O)(=O)NCCC[Si](Cl)(Cl)Cl. The van der Waals surface area contributed by atoms with Crippen LogP contribution in [0.5, 0.6) is 0 Å². The molecule has 0 aromatic rings. The zero-order chi connectivity index (χ0) is 24.4. The first-order valence-corrected chi connectivity index (χ1v) is 19.2. The van der Waals surface area contributed by atoms with Crippen molar-refractivity contribution in [2.24, 2.45) is 5.73 Å². The van der Waals surface area contributed by atoms with Gasteiger partial charge in [-0.2, -0.15) is 0 Å². The fraction of sp³-hybridized carbons (Fsp3) is 0.692. The standard InChI is InChI=1S/C4H10Cl3NO2SSi.C4H9NO2S.C3H7N.CH3ClO2S.CH4/c1-11(9,10)8-3-2-4-12(5,6)7;1-3-4-5-8(2,6)7;1-2-3-4;1-5(2,3)4;/h8H,2-4H2,1H3;3,5H,1,4H2,2H3;2H,1,3-4H2;1H3;1H4. The third-order valence-electron chi connectivity index (χ3n) is 1.66. The van der Waals surface area contributed by atoms with Crippen molar-refractivity contribution in [3.05, 3.63) is 25.3 Å². The van der Waals surface area contributed by atoms with E-state index in [9.17, 15) is 25.3 Å². The Kier molecular flexibility index (Phi) is 29.2. The summed E-state index contributed by atoms with van der Waals surface area (Å²) < 4.78 is 64.9. The molecular formula is C13H33Cl4N3O6S3Si. The molecule has 186 valence electrons. The molecule has 0 aliphatic carbocycles. The second kappa shape index (κ2) is 21.4. The van der Waals surface area contributed by atoms with E-state index in [0.29, 0.717) is 32.1 Å². The average Bonchev–Trinajstić information content (AvgIpc) is 2.46. The molecule has 0 atom stereocenters. The Morgan fingerprint density at radius 3 is 1.40 bits per heavy atom. The van der Waals surface area contributed by atoms with Gasteiger partial charge in [0, 0.05) is 30.3 Å². The van der Waals surface area contributed by atoms with Crippen molar-refractivity contribution >= 4 is 79.0 Å². The average molecular weight is 594 g/mol. The van der Waals surface area contributed by atoms with E-state index in [4.69, 9.17) is 39.0 Å². The monoisotopic (exact) mass is 591 g/mol. The highest BCUT2D eigenvalue weighted by Gasteiger charge is 2.23. The van der Waals surface area contributed by atoms with Crippen LogP contribution < -0.4 is 15.2 Å². The van der Waals surface area contributed by atoms with Crippen LogP contribution in [-0.2, 0) is 29.1 Å². The van der Waals surface area contributed by atoms with Gasteiger partial charge in [-0.3, -0.25) is 0 Å². The van der Waals surface area contributed by atoms with Crippen LogP contribution >= 0.6 is 43.9 Å². The lowest BCUT2D eigenvalue weighted by Gasteiger charge is -2.06. The summed E-state index contributed by atoms with van der Waals surface area (Å²) in [4.78, 5) is 0. The van der Waals surface area contributed by atoms with Crippen LogP contribution in [0.3, 0.4) is 0 Å². The summed E-state index contributed by atoms with van der Waals surface area (Å²) in [5.74, 6) is 0. The van der Waals surface area contributed by atoms with Crippen LogP contribution in [0.25, 0.3) is 0 Å². The van der Waals surface area contributed by atoms with Gasteiger partial charge in [0.1, 0.15) is 0 Å². The molecular weight excluding hydrogens is 560 g/mol. The van der Waals surface area contributed by atoms with Gasteiger partial charge in [0.05, 0.1) is 18.8 Å². The molecule has 4 N–H and O–H groups in total. The third-order valence-corrected chi connectivity index (χ3v) is 5.70. The quantitative estimate of drug-likeness (QED) is 0.122. The Bertz CT molecular complexity index is 735. The molecule has 9 nitrogen and oxygen atoms in total. The molecule has 0 saturated carbocycles. The number of hydrogen-bond donors (Lipinski definition) is 3. The second-order valence-corrected chi connectivity index (χ2v) is 21.0. The molecule has 0 unspecified atom stereocenters.